The molecule has 208 valence electrons. The lowest BCUT2D eigenvalue weighted by molar-refractivity contribution is 0.302. The third-order valence-electron chi connectivity index (χ3n) is 7.60. The largest absolute Gasteiger partial charge is 0.487 e. The van der Waals surface area contributed by atoms with Gasteiger partial charge in [-0.15, -0.1) is 0 Å². The fourth-order valence-corrected chi connectivity index (χ4v) is 8.10. The molecule has 0 spiro atoms. The van der Waals surface area contributed by atoms with E-state index in [1.165, 1.54) is 29.0 Å². The van der Waals surface area contributed by atoms with E-state index < -0.39 is 0 Å². The molecule has 2 aliphatic rings. The fraction of sp³-hybridized carbons (Fsp3) is 0.118. The van der Waals surface area contributed by atoms with E-state index >= 15 is 0 Å². The minimum Gasteiger partial charge on any atom is -0.487 e. The highest BCUT2D eigenvalue weighted by molar-refractivity contribution is 9.11. The molecule has 0 unspecified atom stereocenters. The van der Waals surface area contributed by atoms with Crippen LogP contribution in [0.1, 0.15) is 40.3 Å². The van der Waals surface area contributed by atoms with Crippen molar-refractivity contribution >= 4 is 55.0 Å². The van der Waals surface area contributed by atoms with Crippen molar-refractivity contribution in [3.8, 4) is 5.75 Å². The van der Waals surface area contributed by atoms with E-state index in [0.29, 0.717) is 21.7 Å². The quantitative estimate of drug-likeness (QED) is 0.190. The van der Waals surface area contributed by atoms with Gasteiger partial charge >= 0.3 is 0 Å². The zero-order valence-electron chi connectivity index (χ0n) is 22.2. The molecule has 0 saturated heterocycles. The van der Waals surface area contributed by atoms with Gasteiger partial charge in [0, 0.05) is 5.56 Å². The second-order valence-electron chi connectivity index (χ2n) is 10.3. The Morgan fingerprint density at radius 1 is 0.952 bits per heavy atom. The molecular formula is C34H23Br2FN2O2S. The molecule has 4 aromatic carbocycles. The average molecular weight is 702 g/mol. The van der Waals surface area contributed by atoms with Gasteiger partial charge in [-0.25, -0.2) is 9.38 Å². The predicted molar refractivity (Wildman–Crippen MR) is 172 cm³/mol. The van der Waals surface area contributed by atoms with Gasteiger partial charge in [0.05, 0.1) is 25.2 Å². The van der Waals surface area contributed by atoms with Crippen molar-refractivity contribution in [3.63, 3.8) is 0 Å². The Morgan fingerprint density at radius 2 is 1.67 bits per heavy atom. The molecule has 1 atom stereocenters. The van der Waals surface area contributed by atoms with E-state index in [2.05, 4.69) is 44.0 Å². The molecule has 5 aromatic rings. The van der Waals surface area contributed by atoms with E-state index in [0.717, 1.165) is 55.3 Å². The number of hydrogen-bond donors (Lipinski definition) is 0. The lowest BCUT2D eigenvalue weighted by Gasteiger charge is -2.30. The topological polar surface area (TPSA) is 43.6 Å². The van der Waals surface area contributed by atoms with Gasteiger partial charge in [-0.1, -0.05) is 78.1 Å². The van der Waals surface area contributed by atoms with Gasteiger partial charge < -0.3 is 4.74 Å². The van der Waals surface area contributed by atoms with E-state index in [1.807, 2.05) is 60.7 Å². The molecule has 42 heavy (non-hydrogen) atoms. The van der Waals surface area contributed by atoms with Crippen molar-refractivity contribution in [2.24, 2.45) is 4.99 Å². The van der Waals surface area contributed by atoms with Crippen LogP contribution in [0.25, 0.3) is 11.8 Å². The molecule has 7 rings (SSSR count). The van der Waals surface area contributed by atoms with Gasteiger partial charge in [-0.3, -0.25) is 9.36 Å². The first kappa shape index (κ1) is 27.3. The molecule has 1 aromatic heterocycles. The maximum atomic E-state index is 14.0. The monoisotopic (exact) mass is 700 g/mol. The van der Waals surface area contributed by atoms with Gasteiger partial charge in [-0.2, -0.15) is 0 Å². The molecule has 0 amide bonds. The second kappa shape index (κ2) is 11.2. The predicted octanol–water partition coefficient (Wildman–Crippen LogP) is 7.56. The van der Waals surface area contributed by atoms with Crippen molar-refractivity contribution in [1.82, 2.24) is 4.57 Å². The van der Waals surface area contributed by atoms with E-state index in [-0.39, 0.29) is 17.4 Å². The summed E-state index contributed by atoms with van der Waals surface area (Å²) in [6.07, 6.45) is 3.54. The molecule has 1 aliphatic heterocycles. The number of nitrogens with zero attached hydrogens (tertiary/aromatic N) is 2. The maximum Gasteiger partial charge on any atom is 0.271 e. The molecule has 0 bridgehead atoms. The maximum absolute atomic E-state index is 14.0. The highest BCUT2D eigenvalue weighted by Crippen LogP contribution is 2.41. The number of thiazole rings is 1. The van der Waals surface area contributed by atoms with Crippen LogP contribution in [-0.2, 0) is 13.0 Å². The summed E-state index contributed by atoms with van der Waals surface area (Å²) in [7, 11) is 0. The molecule has 8 heteroatoms. The average Bonchev–Trinajstić information content (AvgIpc) is 3.30. The Kier molecular flexibility index (Phi) is 7.30. The molecule has 0 radical (unpaired) electrons. The van der Waals surface area contributed by atoms with Gasteiger partial charge in [-0.05, 0) is 103 Å². The van der Waals surface area contributed by atoms with Crippen molar-refractivity contribution < 1.29 is 9.13 Å². The van der Waals surface area contributed by atoms with E-state index in [1.54, 1.807) is 16.7 Å². The first-order chi connectivity index (χ1) is 20.5. The summed E-state index contributed by atoms with van der Waals surface area (Å²) in [5.74, 6) is 0.391. The van der Waals surface area contributed by atoms with E-state index in [9.17, 15) is 9.18 Å². The summed E-state index contributed by atoms with van der Waals surface area (Å²) >= 11 is 8.68. The van der Waals surface area contributed by atoms with Crippen LogP contribution in [0, 0.1) is 5.82 Å². The molecule has 0 saturated carbocycles. The van der Waals surface area contributed by atoms with Crippen LogP contribution in [0.15, 0.2) is 115 Å². The molecular weight excluding hydrogens is 679 g/mol. The van der Waals surface area contributed by atoms with E-state index in [4.69, 9.17) is 9.73 Å². The zero-order chi connectivity index (χ0) is 28.8. The summed E-state index contributed by atoms with van der Waals surface area (Å²) in [5.41, 5.74) is 7.03. The number of benzene rings is 4. The standard InChI is InChI=1S/C34H23Br2FN2O2S/c35-27-16-21(17-28(36)32(27)41-19-20-6-2-1-3-7-20)18-29-33(40)39-31(23-10-13-24(37)14-11-23)26-15-12-22-8-4-5-9-25(22)30(26)38-34(39)42-29/h1-11,13-14,16-18,31H,12,15,19H2/b29-18+/t31-/m0/s1. The van der Waals surface area contributed by atoms with Gasteiger partial charge in [0.15, 0.2) is 4.80 Å². The minimum absolute atomic E-state index is 0.116. The Bertz CT molecular complexity index is 2030. The third-order valence-corrected chi connectivity index (χ3v) is 9.76. The smallest absolute Gasteiger partial charge is 0.271 e. The molecule has 0 fully saturated rings. The van der Waals surface area contributed by atoms with Gasteiger partial charge in [0.25, 0.3) is 5.56 Å². The highest BCUT2D eigenvalue weighted by atomic mass is 79.9. The first-order valence-electron chi connectivity index (χ1n) is 13.5. The number of rotatable bonds is 5. The summed E-state index contributed by atoms with van der Waals surface area (Å²) in [5, 5.41) is 0. The van der Waals surface area contributed by atoms with Crippen LogP contribution in [0.4, 0.5) is 4.39 Å². The Hall–Kier alpha value is -3.59. The lowest BCUT2D eigenvalue weighted by atomic mass is 9.83. The van der Waals surface area contributed by atoms with Crippen molar-refractivity contribution in [3.05, 3.63) is 159 Å². The van der Waals surface area contributed by atoms with Crippen LogP contribution in [-0.4, -0.2) is 4.57 Å². The molecule has 1 aliphatic carbocycles. The number of allylic oxidation sites excluding steroid dienone is 1. The number of fused-ring (bicyclic) bond motifs is 3. The number of aryl methyl sites for hydroxylation is 1. The first-order valence-corrected chi connectivity index (χ1v) is 15.9. The molecule has 2 heterocycles. The van der Waals surface area contributed by atoms with Crippen molar-refractivity contribution in [1.29, 1.82) is 0 Å². The van der Waals surface area contributed by atoms with Crippen LogP contribution >= 0.6 is 43.2 Å². The number of hydrogen-bond acceptors (Lipinski definition) is 4. The number of ether oxygens (including phenoxy) is 1. The normalized spacial score (nSPS) is 16.0. The SMILES string of the molecule is O=c1/c(=C\c2cc(Br)c(OCc3ccccc3)c(Br)c2)sc2n1[C@@H](c1ccc(F)cc1)C1=C(N=2)c2ccccc2CC1. The van der Waals surface area contributed by atoms with Crippen LogP contribution in [0.5, 0.6) is 5.75 Å². The van der Waals surface area contributed by atoms with Gasteiger partial charge in [0.1, 0.15) is 18.2 Å². The van der Waals surface area contributed by atoms with Crippen LogP contribution < -0.4 is 19.6 Å². The Balaban J connectivity index is 1.33. The molecule has 0 N–H and O–H groups in total. The lowest BCUT2D eigenvalue weighted by Crippen LogP contribution is -2.38. The molecule has 4 nitrogen and oxygen atoms in total. The van der Waals surface area contributed by atoms with Crippen molar-refractivity contribution in [2.45, 2.75) is 25.5 Å². The minimum atomic E-state index is -0.348. The second-order valence-corrected chi connectivity index (χ2v) is 13.0. The Labute approximate surface area is 262 Å². The summed E-state index contributed by atoms with van der Waals surface area (Å²) in [4.78, 5) is 19.7. The van der Waals surface area contributed by atoms with Crippen molar-refractivity contribution in [2.75, 3.05) is 0 Å². The summed E-state index contributed by atoms with van der Waals surface area (Å²) in [6.45, 7) is 0.438. The van der Waals surface area contributed by atoms with Crippen LogP contribution in [0.2, 0.25) is 0 Å². The number of halogens is 3. The fourth-order valence-electron chi connectivity index (χ4n) is 5.65. The highest BCUT2D eigenvalue weighted by Gasteiger charge is 2.32. The number of aromatic nitrogens is 1. The zero-order valence-corrected chi connectivity index (χ0v) is 26.2. The summed E-state index contributed by atoms with van der Waals surface area (Å²) < 4.78 is 23.9. The third kappa shape index (κ3) is 5.02. The summed E-state index contributed by atoms with van der Waals surface area (Å²) in [6, 6.07) is 28.3. The Morgan fingerprint density at radius 3 is 2.43 bits per heavy atom. The van der Waals surface area contributed by atoms with Gasteiger partial charge in [0.2, 0.25) is 0 Å². The van der Waals surface area contributed by atoms with Crippen LogP contribution in [0.3, 0.4) is 0 Å².